The molecule has 1 aliphatic heterocycles. The van der Waals surface area contributed by atoms with E-state index in [1.807, 2.05) is 25.4 Å². The van der Waals surface area contributed by atoms with E-state index in [-0.39, 0.29) is 11.9 Å². The van der Waals surface area contributed by atoms with E-state index in [1.54, 1.807) is 0 Å². The molecule has 5 heteroatoms. The predicted octanol–water partition coefficient (Wildman–Crippen LogP) is 0.963. The number of aromatic nitrogens is 1. The van der Waals surface area contributed by atoms with Gasteiger partial charge in [0.25, 0.3) is 0 Å². The SMILES string of the molecule is CNc1ccc(CN2CCCCC2C(N)=O)cn1. The number of piperidine rings is 1. The van der Waals surface area contributed by atoms with Gasteiger partial charge in [0.05, 0.1) is 6.04 Å². The van der Waals surface area contributed by atoms with E-state index in [0.29, 0.717) is 0 Å². The highest BCUT2D eigenvalue weighted by Crippen LogP contribution is 2.19. The molecule has 0 aliphatic carbocycles. The molecule has 1 saturated heterocycles. The Kier molecular flexibility index (Phi) is 4.15. The van der Waals surface area contributed by atoms with E-state index in [0.717, 1.165) is 43.7 Å². The maximum Gasteiger partial charge on any atom is 0.234 e. The summed E-state index contributed by atoms with van der Waals surface area (Å²) in [6.07, 6.45) is 4.93. The number of carbonyl (C=O) groups excluding carboxylic acids is 1. The molecule has 1 amide bonds. The van der Waals surface area contributed by atoms with Crippen LogP contribution < -0.4 is 11.1 Å². The Labute approximate surface area is 107 Å². The Morgan fingerprint density at radius 3 is 3.00 bits per heavy atom. The third-order valence-electron chi connectivity index (χ3n) is 3.41. The molecule has 1 aromatic heterocycles. The Balaban J connectivity index is 2.03. The van der Waals surface area contributed by atoms with Crippen molar-refractivity contribution in [3.63, 3.8) is 0 Å². The van der Waals surface area contributed by atoms with Crippen molar-refractivity contribution in [1.82, 2.24) is 9.88 Å². The second-order valence-electron chi connectivity index (χ2n) is 4.69. The number of nitrogens with two attached hydrogens (primary N) is 1. The molecule has 0 saturated carbocycles. The van der Waals surface area contributed by atoms with Crippen molar-refractivity contribution in [2.24, 2.45) is 5.73 Å². The van der Waals surface area contributed by atoms with Gasteiger partial charge in [0.1, 0.15) is 5.82 Å². The first kappa shape index (κ1) is 12.8. The van der Waals surface area contributed by atoms with Crippen molar-refractivity contribution in [1.29, 1.82) is 0 Å². The molecule has 1 atom stereocenters. The van der Waals surface area contributed by atoms with E-state index in [1.165, 1.54) is 0 Å². The quantitative estimate of drug-likeness (QED) is 0.832. The van der Waals surface area contributed by atoms with Crippen molar-refractivity contribution in [3.05, 3.63) is 23.9 Å². The van der Waals surface area contributed by atoms with Crippen molar-refractivity contribution in [2.45, 2.75) is 31.8 Å². The molecule has 5 nitrogen and oxygen atoms in total. The minimum atomic E-state index is -0.213. The third kappa shape index (κ3) is 2.98. The number of nitrogens with one attached hydrogen (secondary N) is 1. The highest BCUT2D eigenvalue weighted by molar-refractivity contribution is 5.79. The van der Waals surface area contributed by atoms with E-state index in [2.05, 4.69) is 15.2 Å². The van der Waals surface area contributed by atoms with Crippen molar-refractivity contribution >= 4 is 11.7 Å². The summed E-state index contributed by atoms with van der Waals surface area (Å²) in [6.45, 7) is 1.67. The van der Waals surface area contributed by atoms with Crippen LogP contribution >= 0.6 is 0 Å². The predicted molar refractivity (Wildman–Crippen MR) is 71.0 cm³/mol. The fourth-order valence-corrected chi connectivity index (χ4v) is 2.40. The maximum absolute atomic E-state index is 11.4. The summed E-state index contributed by atoms with van der Waals surface area (Å²) < 4.78 is 0. The molecule has 3 N–H and O–H groups in total. The molecule has 1 fully saturated rings. The van der Waals surface area contributed by atoms with Crippen molar-refractivity contribution < 1.29 is 4.79 Å². The number of nitrogens with zero attached hydrogens (tertiary/aromatic N) is 2. The van der Waals surface area contributed by atoms with Crippen LogP contribution in [0.15, 0.2) is 18.3 Å². The summed E-state index contributed by atoms with van der Waals surface area (Å²) in [5, 5.41) is 2.99. The molecule has 98 valence electrons. The van der Waals surface area contributed by atoms with Crippen LogP contribution in [0.2, 0.25) is 0 Å². The smallest absolute Gasteiger partial charge is 0.234 e. The molecular formula is C13H20N4O. The monoisotopic (exact) mass is 248 g/mol. The van der Waals surface area contributed by atoms with Crippen LogP contribution in [0, 0.1) is 0 Å². The number of hydrogen-bond donors (Lipinski definition) is 2. The molecule has 18 heavy (non-hydrogen) atoms. The lowest BCUT2D eigenvalue weighted by Crippen LogP contribution is -2.47. The van der Waals surface area contributed by atoms with Crippen LogP contribution in [0.4, 0.5) is 5.82 Å². The molecule has 1 unspecified atom stereocenters. The van der Waals surface area contributed by atoms with E-state index in [4.69, 9.17) is 5.73 Å². The largest absolute Gasteiger partial charge is 0.373 e. The van der Waals surface area contributed by atoms with Gasteiger partial charge in [0.2, 0.25) is 5.91 Å². The lowest BCUT2D eigenvalue weighted by Gasteiger charge is -2.33. The first-order valence-electron chi connectivity index (χ1n) is 6.37. The number of anilines is 1. The second kappa shape index (κ2) is 5.82. The minimum absolute atomic E-state index is 0.122. The third-order valence-corrected chi connectivity index (χ3v) is 3.41. The summed E-state index contributed by atoms with van der Waals surface area (Å²) in [5.41, 5.74) is 6.56. The van der Waals surface area contributed by atoms with Gasteiger partial charge < -0.3 is 11.1 Å². The highest BCUT2D eigenvalue weighted by atomic mass is 16.1. The Morgan fingerprint density at radius 1 is 1.56 bits per heavy atom. The zero-order chi connectivity index (χ0) is 13.0. The van der Waals surface area contributed by atoms with Crippen molar-refractivity contribution in [3.8, 4) is 0 Å². The molecule has 1 aromatic rings. The first-order valence-corrected chi connectivity index (χ1v) is 6.37. The van der Waals surface area contributed by atoms with Gasteiger partial charge in [-0.05, 0) is 31.0 Å². The zero-order valence-corrected chi connectivity index (χ0v) is 10.7. The molecule has 0 spiro atoms. The van der Waals surface area contributed by atoms with Crippen LogP contribution in [0.5, 0.6) is 0 Å². The summed E-state index contributed by atoms with van der Waals surface area (Å²) in [5.74, 6) is 0.637. The summed E-state index contributed by atoms with van der Waals surface area (Å²) >= 11 is 0. The summed E-state index contributed by atoms with van der Waals surface area (Å²) in [7, 11) is 1.84. The fourth-order valence-electron chi connectivity index (χ4n) is 2.40. The second-order valence-corrected chi connectivity index (χ2v) is 4.69. The number of primary amides is 1. The Hall–Kier alpha value is -1.62. The average Bonchev–Trinajstić information content (AvgIpc) is 2.40. The summed E-state index contributed by atoms with van der Waals surface area (Å²) in [4.78, 5) is 17.8. The van der Waals surface area contributed by atoms with Gasteiger partial charge in [-0.1, -0.05) is 12.5 Å². The van der Waals surface area contributed by atoms with E-state index >= 15 is 0 Å². The van der Waals surface area contributed by atoms with Gasteiger partial charge in [-0.3, -0.25) is 9.69 Å². The van der Waals surface area contributed by atoms with Gasteiger partial charge >= 0.3 is 0 Å². The molecule has 0 aromatic carbocycles. The lowest BCUT2D eigenvalue weighted by atomic mass is 10.0. The highest BCUT2D eigenvalue weighted by Gasteiger charge is 2.26. The number of rotatable bonds is 4. The molecule has 0 bridgehead atoms. The lowest BCUT2D eigenvalue weighted by molar-refractivity contribution is -0.124. The number of amides is 1. The van der Waals surface area contributed by atoms with E-state index in [9.17, 15) is 4.79 Å². The van der Waals surface area contributed by atoms with Gasteiger partial charge in [-0.15, -0.1) is 0 Å². The zero-order valence-electron chi connectivity index (χ0n) is 10.7. The standard InChI is InChI=1S/C13H20N4O/c1-15-12-6-5-10(8-16-12)9-17-7-3-2-4-11(17)13(14)18/h5-6,8,11H,2-4,7,9H2,1H3,(H2,14,18)(H,15,16). The van der Waals surface area contributed by atoms with Gasteiger partial charge in [0, 0.05) is 19.8 Å². The molecule has 2 rings (SSSR count). The number of likely N-dealkylation sites (tertiary alicyclic amines) is 1. The van der Waals surface area contributed by atoms with Crippen LogP contribution in [-0.2, 0) is 11.3 Å². The van der Waals surface area contributed by atoms with Crippen LogP contribution in [0.25, 0.3) is 0 Å². The Morgan fingerprint density at radius 2 is 2.39 bits per heavy atom. The minimum Gasteiger partial charge on any atom is -0.373 e. The molecule has 2 heterocycles. The Bertz CT molecular complexity index is 404. The first-order chi connectivity index (χ1) is 8.70. The number of pyridine rings is 1. The van der Waals surface area contributed by atoms with Crippen LogP contribution in [0.3, 0.4) is 0 Å². The van der Waals surface area contributed by atoms with Gasteiger partial charge in [-0.25, -0.2) is 4.98 Å². The molecule has 0 radical (unpaired) electrons. The van der Waals surface area contributed by atoms with Crippen LogP contribution in [-0.4, -0.2) is 35.4 Å². The summed E-state index contributed by atoms with van der Waals surface area (Å²) in [6, 6.07) is 3.85. The van der Waals surface area contributed by atoms with Crippen LogP contribution in [0.1, 0.15) is 24.8 Å². The fraction of sp³-hybridized carbons (Fsp3) is 0.538. The van der Waals surface area contributed by atoms with Gasteiger partial charge in [-0.2, -0.15) is 0 Å². The maximum atomic E-state index is 11.4. The molecule has 1 aliphatic rings. The van der Waals surface area contributed by atoms with Crippen molar-refractivity contribution in [2.75, 3.05) is 18.9 Å². The average molecular weight is 248 g/mol. The number of hydrogen-bond acceptors (Lipinski definition) is 4. The number of carbonyl (C=O) groups is 1. The van der Waals surface area contributed by atoms with E-state index < -0.39 is 0 Å². The normalized spacial score (nSPS) is 20.6. The van der Waals surface area contributed by atoms with Gasteiger partial charge in [0.15, 0.2) is 0 Å². The topological polar surface area (TPSA) is 71.2 Å². The molecular weight excluding hydrogens is 228 g/mol.